The lowest BCUT2D eigenvalue weighted by Crippen LogP contribution is -2.02. The fourth-order valence-corrected chi connectivity index (χ4v) is 1.98. The molecule has 0 fully saturated rings. The second kappa shape index (κ2) is 5.84. The van der Waals surface area contributed by atoms with Crippen molar-refractivity contribution in [1.29, 1.82) is 0 Å². The van der Waals surface area contributed by atoms with Crippen molar-refractivity contribution in [2.24, 2.45) is 5.73 Å². The Hall–Kier alpha value is -1.32. The number of ether oxygens (including phenoxy) is 1. The lowest BCUT2D eigenvalue weighted by molar-refractivity contribution is 0.302. The zero-order valence-corrected chi connectivity index (χ0v) is 11.0. The number of hydrogen-bond donors (Lipinski definition) is 1. The van der Waals surface area contributed by atoms with Crippen molar-refractivity contribution in [3.05, 3.63) is 64.1 Å². The molecule has 0 heterocycles. The largest absolute Gasteiger partial charge is 0.489 e. The van der Waals surface area contributed by atoms with Gasteiger partial charge in [-0.25, -0.2) is 0 Å². The van der Waals surface area contributed by atoms with Crippen molar-refractivity contribution < 1.29 is 4.74 Å². The third kappa shape index (κ3) is 3.08. The molecule has 2 aromatic carbocycles. The van der Waals surface area contributed by atoms with Crippen LogP contribution >= 0.6 is 15.9 Å². The van der Waals surface area contributed by atoms with E-state index < -0.39 is 0 Å². The molecule has 0 atom stereocenters. The first kappa shape index (κ1) is 12.1. The second-order valence-corrected chi connectivity index (χ2v) is 4.55. The molecule has 0 aliphatic carbocycles. The molecule has 2 aromatic rings. The number of halogens is 1. The predicted molar refractivity (Wildman–Crippen MR) is 72.8 cm³/mol. The Morgan fingerprint density at radius 2 is 1.59 bits per heavy atom. The van der Waals surface area contributed by atoms with Gasteiger partial charge < -0.3 is 10.5 Å². The SMILES string of the molecule is NCc1ccccc1OCc1ccccc1Br. The van der Waals surface area contributed by atoms with E-state index >= 15 is 0 Å². The average molecular weight is 292 g/mol. The molecule has 0 saturated heterocycles. The fourth-order valence-electron chi connectivity index (χ4n) is 1.58. The van der Waals surface area contributed by atoms with Gasteiger partial charge in [0, 0.05) is 22.1 Å². The van der Waals surface area contributed by atoms with Crippen LogP contribution in [-0.4, -0.2) is 0 Å². The molecule has 0 radical (unpaired) electrons. The van der Waals surface area contributed by atoms with Crippen LogP contribution in [0.1, 0.15) is 11.1 Å². The highest BCUT2D eigenvalue weighted by Gasteiger charge is 2.03. The Kier molecular flexibility index (Phi) is 4.18. The van der Waals surface area contributed by atoms with Gasteiger partial charge in [-0.05, 0) is 12.1 Å². The summed E-state index contributed by atoms with van der Waals surface area (Å²) in [6, 6.07) is 15.9. The molecule has 0 bridgehead atoms. The number of para-hydroxylation sites is 1. The van der Waals surface area contributed by atoms with Gasteiger partial charge in [0.1, 0.15) is 12.4 Å². The molecule has 2 N–H and O–H groups in total. The molecule has 0 spiro atoms. The van der Waals surface area contributed by atoms with Gasteiger partial charge in [-0.2, -0.15) is 0 Å². The molecule has 0 amide bonds. The van der Waals surface area contributed by atoms with Gasteiger partial charge in [0.05, 0.1) is 0 Å². The van der Waals surface area contributed by atoms with Crippen LogP contribution in [0.2, 0.25) is 0 Å². The number of benzene rings is 2. The van der Waals surface area contributed by atoms with E-state index in [1.807, 2.05) is 48.5 Å². The Balaban J connectivity index is 2.10. The summed E-state index contributed by atoms with van der Waals surface area (Å²) in [5.74, 6) is 0.853. The van der Waals surface area contributed by atoms with E-state index in [-0.39, 0.29) is 0 Å². The monoisotopic (exact) mass is 291 g/mol. The lowest BCUT2D eigenvalue weighted by Gasteiger charge is -2.11. The van der Waals surface area contributed by atoms with E-state index in [0.717, 1.165) is 21.3 Å². The first-order valence-corrected chi connectivity index (χ1v) is 6.24. The van der Waals surface area contributed by atoms with Crippen LogP contribution in [0.3, 0.4) is 0 Å². The van der Waals surface area contributed by atoms with Gasteiger partial charge in [-0.3, -0.25) is 0 Å². The van der Waals surface area contributed by atoms with E-state index in [1.54, 1.807) is 0 Å². The van der Waals surface area contributed by atoms with Crippen LogP contribution in [0.25, 0.3) is 0 Å². The van der Waals surface area contributed by atoms with Crippen molar-refractivity contribution in [3.63, 3.8) is 0 Å². The van der Waals surface area contributed by atoms with Gasteiger partial charge in [0.25, 0.3) is 0 Å². The molecule has 88 valence electrons. The smallest absolute Gasteiger partial charge is 0.124 e. The number of nitrogens with two attached hydrogens (primary N) is 1. The molecule has 0 saturated carbocycles. The fraction of sp³-hybridized carbons (Fsp3) is 0.143. The first-order valence-electron chi connectivity index (χ1n) is 5.45. The van der Waals surface area contributed by atoms with Gasteiger partial charge in [-0.1, -0.05) is 52.3 Å². The molecule has 2 nitrogen and oxygen atoms in total. The summed E-state index contributed by atoms with van der Waals surface area (Å²) >= 11 is 3.50. The van der Waals surface area contributed by atoms with Crippen LogP contribution in [0.15, 0.2) is 53.0 Å². The van der Waals surface area contributed by atoms with Crippen molar-refractivity contribution in [1.82, 2.24) is 0 Å². The van der Waals surface area contributed by atoms with E-state index in [9.17, 15) is 0 Å². The molecule has 0 aliphatic rings. The zero-order chi connectivity index (χ0) is 12.1. The Bertz CT molecular complexity index is 499. The molecule has 0 unspecified atom stereocenters. The number of rotatable bonds is 4. The summed E-state index contributed by atoms with van der Waals surface area (Å²) < 4.78 is 6.85. The molecule has 17 heavy (non-hydrogen) atoms. The first-order chi connectivity index (χ1) is 8.31. The summed E-state index contributed by atoms with van der Waals surface area (Å²) in [5, 5.41) is 0. The highest BCUT2D eigenvalue weighted by Crippen LogP contribution is 2.21. The quantitative estimate of drug-likeness (QED) is 0.936. The third-order valence-corrected chi connectivity index (χ3v) is 3.31. The summed E-state index contributed by atoms with van der Waals surface area (Å²) in [7, 11) is 0. The normalized spacial score (nSPS) is 10.2. The molecular formula is C14H14BrNO. The van der Waals surface area contributed by atoms with E-state index in [4.69, 9.17) is 10.5 Å². The summed E-state index contributed by atoms with van der Waals surface area (Å²) in [6.07, 6.45) is 0. The Morgan fingerprint density at radius 1 is 0.941 bits per heavy atom. The van der Waals surface area contributed by atoms with E-state index in [1.165, 1.54) is 0 Å². The zero-order valence-electron chi connectivity index (χ0n) is 9.40. The van der Waals surface area contributed by atoms with Crippen molar-refractivity contribution in [2.75, 3.05) is 0 Å². The standard InChI is InChI=1S/C14H14BrNO/c15-13-7-3-1-6-12(13)10-17-14-8-4-2-5-11(14)9-16/h1-8H,9-10,16H2. The second-order valence-electron chi connectivity index (χ2n) is 3.69. The summed E-state index contributed by atoms with van der Waals surface area (Å²) in [6.45, 7) is 1.03. The molecule has 2 rings (SSSR count). The van der Waals surface area contributed by atoms with Crippen molar-refractivity contribution >= 4 is 15.9 Å². The van der Waals surface area contributed by atoms with Crippen LogP contribution in [-0.2, 0) is 13.2 Å². The van der Waals surface area contributed by atoms with E-state index in [0.29, 0.717) is 13.2 Å². The molecule has 3 heteroatoms. The minimum absolute atomic E-state index is 0.492. The van der Waals surface area contributed by atoms with Gasteiger partial charge >= 0.3 is 0 Å². The van der Waals surface area contributed by atoms with Gasteiger partial charge in [-0.15, -0.1) is 0 Å². The van der Waals surface area contributed by atoms with Crippen LogP contribution in [0.4, 0.5) is 0 Å². The van der Waals surface area contributed by atoms with Crippen LogP contribution < -0.4 is 10.5 Å². The third-order valence-electron chi connectivity index (χ3n) is 2.53. The van der Waals surface area contributed by atoms with Crippen LogP contribution in [0, 0.1) is 0 Å². The molecule has 0 aliphatic heterocycles. The highest BCUT2D eigenvalue weighted by atomic mass is 79.9. The lowest BCUT2D eigenvalue weighted by atomic mass is 10.2. The van der Waals surface area contributed by atoms with E-state index in [2.05, 4.69) is 15.9 Å². The maximum absolute atomic E-state index is 5.78. The topological polar surface area (TPSA) is 35.2 Å². The van der Waals surface area contributed by atoms with Gasteiger partial charge in [0.2, 0.25) is 0 Å². The molecule has 0 aromatic heterocycles. The Morgan fingerprint density at radius 3 is 2.29 bits per heavy atom. The predicted octanol–water partition coefficient (Wildman–Crippen LogP) is 3.49. The number of hydrogen-bond acceptors (Lipinski definition) is 2. The average Bonchev–Trinajstić information content (AvgIpc) is 2.38. The van der Waals surface area contributed by atoms with Gasteiger partial charge in [0.15, 0.2) is 0 Å². The Labute approximate surface area is 110 Å². The maximum Gasteiger partial charge on any atom is 0.124 e. The van der Waals surface area contributed by atoms with Crippen molar-refractivity contribution in [3.8, 4) is 5.75 Å². The maximum atomic E-state index is 5.78. The summed E-state index contributed by atoms with van der Waals surface area (Å²) in [4.78, 5) is 0. The highest BCUT2D eigenvalue weighted by molar-refractivity contribution is 9.10. The molecular weight excluding hydrogens is 278 g/mol. The minimum atomic E-state index is 0.492. The van der Waals surface area contributed by atoms with Crippen molar-refractivity contribution in [2.45, 2.75) is 13.2 Å². The summed E-state index contributed by atoms with van der Waals surface area (Å²) in [5.41, 5.74) is 7.81. The minimum Gasteiger partial charge on any atom is -0.489 e. The van der Waals surface area contributed by atoms with Crippen LogP contribution in [0.5, 0.6) is 5.75 Å².